The summed E-state index contributed by atoms with van der Waals surface area (Å²) in [5.74, 6) is -0.0665. The first-order valence-electron chi connectivity index (χ1n) is 14.2. The highest BCUT2D eigenvalue weighted by molar-refractivity contribution is 6.06. The molecule has 2 aliphatic heterocycles. The van der Waals surface area contributed by atoms with Crippen LogP contribution in [0.3, 0.4) is 0 Å². The molecule has 38 heavy (non-hydrogen) atoms. The lowest BCUT2D eigenvalue weighted by Gasteiger charge is -2.31. The number of likely N-dealkylation sites (tertiary alicyclic amines) is 1. The highest BCUT2D eigenvalue weighted by Gasteiger charge is 2.57. The van der Waals surface area contributed by atoms with Crippen LogP contribution in [0, 0.1) is 17.8 Å². The number of phenols is 1. The van der Waals surface area contributed by atoms with E-state index in [1.807, 2.05) is 18.2 Å². The maximum atomic E-state index is 13.7. The molecule has 5 heteroatoms. The monoisotopic (exact) mass is 511 g/mol. The third-order valence-corrected chi connectivity index (χ3v) is 9.18. The number of hydrogen-bond donors (Lipinski definition) is 1. The van der Waals surface area contributed by atoms with Gasteiger partial charge in [0, 0.05) is 12.0 Å². The van der Waals surface area contributed by atoms with E-state index in [0.717, 1.165) is 44.1 Å². The number of benzene rings is 2. The first-order chi connectivity index (χ1) is 18.5. The van der Waals surface area contributed by atoms with Crippen LogP contribution in [-0.4, -0.2) is 40.6 Å². The Morgan fingerprint density at radius 3 is 2.45 bits per heavy atom. The Hall–Kier alpha value is -3.18. The Morgan fingerprint density at radius 1 is 0.974 bits per heavy atom. The second kappa shape index (κ2) is 10.5. The van der Waals surface area contributed by atoms with Crippen LogP contribution in [0.5, 0.6) is 5.75 Å². The van der Waals surface area contributed by atoms with Crippen LogP contribution in [-0.2, 0) is 14.3 Å². The van der Waals surface area contributed by atoms with Crippen LogP contribution in [0.1, 0.15) is 69.4 Å². The zero-order valence-corrected chi connectivity index (χ0v) is 22.1. The number of nitrogens with zero attached hydrogens (tertiary/aromatic N) is 1. The number of aromatic hydroxyl groups is 1. The molecule has 1 saturated carbocycles. The van der Waals surface area contributed by atoms with Crippen LogP contribution < -0.4 is 0 Å². The van der Waals surface area contributed by atoms with Gasteiger partial charge in [-0.3, -0.25) is 14.5 Å². The minimum absolute atomic E-state index is 0.0186. The van der Waals surface area contributed by atoms with Gasteiger partial charge in [0.15, 0.2) is 0 Å². The van der Waals surface area contributed by atoms with Gasteiger partial charge in [-0.25, -0.2) is 0 Å². The number of phenolic OH excluding ortho intramolecular Hbond substituents is 1. The van der Waals surface area contributed by atoms with E-state index in [1.54, 1.807) is 17.0 Å². The van der Waals surface area contributed by atoms with Crippen LogP contribution in [0.2, 0.25) is 0 Å². The average Bonchev–Trinajstić information content (AvgIpc) is 3.47. The van der Waals surface area contributed by atoms with Crippen molar-refractivity contribution < 1.29 is 19.4 Å². The highest BCUT2D eigenvalue weighted by Crippen LogP contribution is 2.50. The maximum Gasteiger partial charge on any atom is 0.234 e. The fourth-order valence-corrected chi connectivity index (χ4v) is 7.36. The molecule has 2 aliphatic carbocycles. The Bertz CT molecular complexity index is 1260. The first kappa shape index (κ1) is 25.1. The van der Waals surface area contributed by atoms with Crippen LogP contribution >= 0.6 is 0 Å². The maximum absolute atomic E-state index is 13.7. The summed E-state index contributed by atoms with van der Waals surface area (Å²) in [5.41, 5.74) is 5.94. The average molecular weight is 512 g/mol. The smallest absolute Gasteiger partial charge is 0.234 e. The number of imide groups is 1. The number of carbonyl (C=O) groups excluding carboxylic acids is 2. The van der Waals surface area contributed by atoms with Crippen molar-refractivity contribution in [1.82, 2.24) is 4.90 Å². The van der Waals surface area contributed by atoms with Gasteiger partial charge >= 0.3 is 0 Å². The van der Waals surface area contributed by atoms with Crippen molar-refractivity contribution in [3.05, 3.63) is 76.9 Å². The quantitative estimate of drug-likeness (QED) is 0.278. The molecule has 0 radical (unpaired) electrons. The predicted molar refractivity (Wildman–Crippen MR) is 148 cm³/mol. The van der Waals surface area contributed by atoms with Crippen molar-refractivity contribution in [1.29, 1.82) is 0 Å². The van der Waals surface area contributed by atoms with Crippen molar-refractivity contribution in [2.24, 2.45) is 17.8 Å². The van der Waals surface area contributed by atoms with Crippen molar-refractivity contribution >= 4 is 23.5 Å². The molecule has 0 unspecified atom stereocenters. The molecular formula is C33H37NO4. The third kappa shape index (κ3) is 4.62. The SMILES string of the molecule is CC1=C2[C@@H](CC/C(=C/c3ccc(O)cc3)c3ccccc3)OC[C@@H]2[C@@H]2C(=O)N(C3CCCCC3)C(=O)[C@@H]2C1. The van der Waals surface area contributed by atoms with Gasteiger partial charge in [-0.2, -0.15) is 0 Å². The number of carbonyl (C=O) groups is 2. The van der Waals surface area contributed by atoms with E-state index in [0.29, 0.717) is 13.0 Å². The molecule has 0 spiro atoms. The van der Waals surface area contributed by atoms with E-state index in [2.05, 4.69) is 37.3 Å². The number of fused-ring (bicyclic) bond motifs is 3. The molecule has 2 saturated heterocycles. The fraction of sp³-hybridized carbons (Fsp3) is 0.455. The summed E-state index contributed by atoms with van der Waals surface area (Å²) in [7, 11) is 0. The minimum Gasteiger partial charge on any atom is -0.508 e. The molecule has 2 aromatic carbocycles. The summed E-state index contributed by atoms with van der Waals surface area (Å²) in [4.78, 5) is 28.8. The van der Waals surface area contributed by atoms with Gasteiger partial charge in [-0.1, -0.05) is 73.4 Å². The van der Waals surface area contributed by atoms with Crippen LogP contribution in [0.25, 0.3) is 11.6 Å². The van der Waals surface area contributed by atoms with Crippen LogP contribution in [0.15, 0.2) is 65.7 Å². The summed E-state index contributed by atoms with van der Waals surface area (Å²) >= 11 is 0. The molecule has 198 valence electrons. The Kier molecular flexibility index (Phi) is 6.96. The van der Waals surface area contributed by atoms with Crippen molar-refractivity contribution in [3.63, 3.8) is 0 Å². The molecular weight excluding hydrogens is 474 g/mol. The molecule has 0 aromatic heterocycles. The third-order valence-electron chi connectivity index (χ3n) is 9.18. The lowest BCUT2D eigenvalue weighted by molar-refractivity contribution is -0.143. The van der Waals surface area contributed by atoms with E-state index < -0.39 is 0 Å². The predicted octanol–water partition coefficient (Wildman–Crippen LogP) is 6.38. The largest absolute Gasteiger partial charge is 0.508 e. The first-order valence-corrected chi connectivity index (χ1v) is 14.2. The number of amides is 2. The van der Waals surface area contributed by atoms with Gasteiger partial charge in [0.2, 0.25) is 11.8 Å². The zero-order chi connectivity index (χ0) is 26.2. The second-order valence-corrected chi connectivity index (χ2v) is 11.5. The van der Waals surface area contributed by atoms with Gasteiger partial charge < -0.3 is 9.84 Å². The van der Waals surface area contributed by atoms with Crippen molar-refractivity contribution in [2.45, 2.75) is 70.4 Å². The van der Waals surface area contributed by atoms with Crippen molar-refractivity contribution in [3.8, 4) is 5.75 Å². The highest BCUT2D eigenvalue weighted by atomic mass is 16.5. The molecule has 2 heterocycles. The minimum atomic E-state index is -0.255. The van der Waals surface area contributed by atoms with E-state index in [-0.39, 0.29) is 47.5 Å². The Morgan fingerprint density at radius 2 is 1.71 bits per heavy atom. The molecule has 6 rings (SSSR count). The molecule has 4 aliphatic rings. The normalized spacial score (nSPS) is 28.1. The molecule has 4 atom stereocenters. The summed E-state index contributed by atoms with van der Waals surface area (Å²) in [6, 6.07) is 17.7. The number of allylic oxidation sites excluding steroid dienone is 2. The second-order valence-electron chi connectivity index (χ2n) is 11.5. The van der Waals surface area contributed by atoms with E-state index in [9.17, 15) is 14.7 Å². The van der Waals surface area contributed by atoms with Gasteiger partial charge in [0.1, 0.15) is 5.75 Å². The van der Waals surface area contributed by atoms with E-state index in [1.165, 1.54) is 28.7 Å². The van der Waals surface area contributed by atoms with E-state index in [4.69, 9.17) is 4.74 Å². The standard InChI is InChI=1S/C33H37NO4/c1-21-18-27-31(33(37)34(32(27)36)25-10-6-3-7-11-25)28-20-38-29(30(21)28)17-14-24(23-8-4-2-5-9-23)19-22-12-15-26(35)16-13-22/h2,4-5,8-9,12-13,15-16,19,25,27-29,31,35H,3,6-7,10-11,14,17-18,20H2,1H3/b24-19-/t27-,28+,29-,31-/m1/s1. The van der Waals surface area contributed by atoms with Gasteiger partial charge in [-0.15, -0.1) is 0 Å². The topological polar surface area (TPSA) is 66.8 Å². The molecule has 1 N–H and O–H groups in total. The lowest BCUT2D eigenvalue weighted by atomic mass is 9.70. The molecule has 2 aromatic rings. The van der Waals surface area contributed by atoms with Gasteiger partial charge in [0.05, 0.1) is 24.5 Å². The van der Waals surface area contributed by atoms with Gasteiger partial charge in [0.25, 0.3) is 0 Å². The lowest BCUT2D eigenvalue weighted by Crippen LogP contribution is -2.42. The number of ether oxygens (including phenoxy) is 1. The summed E-state index contributed by atoms with van der Waals surface area (Å²) in [6.07, 6.45) is 9.81. The zero-order valence-electron chi connectivity index (χ0n) is 22.1. The number of rotatable bonds is 6. The Labute approximate surface area is 225 Å². The summed E-state index contributed by atoms with van der Waals surface area (Å²) in [5, 5.41) is 9.69. The van der Waals surface area contributed by atoms with Gasteiger partial charge in [-0.05, 0) is 73.4 Å². The summed E-state index contributed by atoms with van der Waals surface area (Å²) in [6.45, 7) is 2.67. The summed E-state index contributed by atoms with van der Waals surface area (Å²) < 4.78 is 6.39. The molecule has 0 bridgehead atoms. The fourth-order valence-electron chi connectivity index (χ4n) is 7.36. The van der Waals surface area contributed by atoms with Crippen LogP contribution in [0.4, 0.5) is 0 Å². The molecule has 2 amide bonds. The number of hydrogen-bond acceptors (Lipinski definition) is 4. The molecule has 3 fully saturated rings. The Balaban J connectivity index is 1.22. The molecule has 5 nitrogen and oxygen atoms in total. The van der Waals surface area contributed by atoms with Crippen molar-refractivity contribution in [2.75, 3.05) is 6.61 Å². The van der Waals surface area contributed by atoms with E-state index >= 15 is 0 Å².